The first-order valence-corrected chi connectivity index (χ1v) is 11.1. The second-order valence-electron chi connectivity index (χ2n) is 7.77. The van der Waals surface area contributed by atoms with Crippen LogP contribution in [0.3, 0.4) is 0 Å². The van der Waals surface area contributed by atoms with E-state index in [9.17, 15) is 0 Å². The number of benzene rings is 2. The molecule has 0 radical (unpaired) electrons. The van der Waals surface area contributed by atoms with E-state index in [0.717, 1.165) is 9.84 Å². The molecule has 1 aliphatic heterocycles. The lowest BCUT2D eigenvalue weighted by Crippen LogP contribution is -2.22. The van der Waals surface area contributed by atoms with Gasteiger partial charge in [0.1, 0.15) is 5.01 Å². The van der Waals surface area contributed by atoms with Gasteiger partial charge in [-0.1, -0.05) is 72.7 Å². The molecular weight excluding hydrogens is 435 g/mol. The Morgan fingerprint density at radius 1 is 1.00 bits per heavy atom. The van der Waals surface area contributed by atoms with Crippen LogP contribution in [-0.4, -0.2) is 22.0 Å². The summed E-state index contributed by atoms with van der Waals surface area (Å²) in [6.07, 6.45) is 6.20. The van der Waals surface area contributed by atoms with Crippen LogP contribution in [0.5, 0.6) is 0 Å². The first-order chi connectivity index (χ1) is 14.3. The van der Waals surface area contributed by atoms with Crippen molar-refractivity contribution in [2.75, 3.05) is 11.9 Å². The molecule has 0 spiro atoms. The van der Waals surface area contributed by atoms with Crippen LogP contribution in [0.1, 0.15) is 24.4 Å². The van der Waals surface area contributed by atoms with Crippen molar-refractivity contribution in [3.8, 4) is 0 Å². The summed E-state index contributed by atoms with van der Waals surface area (Å²) in [7, 11) is 2.11. The lowest BCUT2D eigenvalue weighted by atomic mass is 9.84. The van der Waals surface area contributed by atoms with Gasteiger partial charge in [-0.25, -0.2) is 15.0 Å². The summed E-state index contributed by atoms with van der Waals surface area (Å²) in [4.78, 5) is 16.9. The minimum atomic E-state index is -0.0529. The van der Waals surface area contributed by atoms with Crippen LogP contribution in [0.15, 0.2) is 54.2 Å². The van der Waals surface area contributed by atoms with Gasteiger partial charge in [-0.15, -0.1) is 0 Å². The van der Waals surface area contributed by atoms with E-state index < -0.39 is 0 Å². The molecule has 2 aromatic carbocycles. The van der Waals surface area contributed by atoms with Gasteiger partial charge in [-0.2, -0.15) is 0 Å². The standard InChI is InChI=1S/C23H18Cl2N4S/c1-23(2)13-7-4-5-8-18(13)29(3)19(23)9-6-10-20-28-21-22(30-20)27-17-12-15(25)14(24)11-16(17)26-21/h4-12H,1-3H3/b10-6+,19-9+. The van der Waals surface area contributed by atoms with Gasteiger partial charge in [-0.3, -0.25) is 0 Å². The third-order valence-corrected chi connectivity index (χ3v) is 7.13. The number of para-hydroxylation sites is 1. The molecule has 30 heavy (non-hydrogen) atoms. The molecule has 0 fully saturated rings. The Morgan fingerprint density at radius 2 is 1.70 bits per heavy atom. The Bertz CT molecular complexity index is 1310. The van der Waals surface area contributed by atoms with Gasteiger partial charge < -0.3 is 4.90 Å². The van der Waals surface area contributed by atoms with Gasteiger partial charge >= 0.3 is 0 Å². The van der Waals surface area contributed by atoms with Crippen LogP contribution in [0, 0.1) is 0 Å². The zero-order valence-electron chi connectivity index (χ0n) is 16.6. The average molecular weight is 453 g/mol. The fourth-order valence-corrected chi connectivity index (χ4v) is 5.11. The van der Waals surface area contributed by atoms with E-state index in [1.165, 1.54) is 28.3 Å². The minimum absolute atomic E-state index is 0.0529. The summed E-state index contributed by atoms with van der Waals surface area (Å²) in [5.41, 5.74) is 5.79. The topological polar surface area (TPSA) is 41.9 Å². The number of hydrogen-bond acceptors (Lipinski definition) is 5. The fourth-order valence-electron chi connectivity index (χ4n) is 3.99. The maximum atomic E-state index is 6.11. The van der Waals surface area contributed by atoms with Gasteiger partial charge in [0.25, 0.3) is 0 Å². The molecule has 4 aromatic rings. The third kappa shape index (κ3) is 3.09. The number of thiazole rings is 1. The highest BCUT2D eigenvalue weighted by Crippen LogP contribution is 2.46. The van der Waals surface area contributed by atoms with E-state index in [2.05, 4.69) is 71.1 Å². The summed E-state index contributed by atoms with van der Waals surface area (Å²) in [6, 6.07) is 12.0. The summed E-state index contributed by atoms with van der Waals surface area (Å²) in [6.45, 7) is 4.50. The van der Waals surface area contributed by atoms with Crippen LogP contribution in [0.25, 0.3) is 27.6 Å². The Balaban J connectivity index is 1.49. The SMILES string of the molecule is CN1/C(=C/C=C/c2nc3nc4cc(Cl)c(Cl)cc4nc3s2)C(C)(C)c2ccccc21. The largest absolute Gasteiger partial charge is 0.347 e. The van der Waals surface area contributed by atoms with Crippen LogP contribution in [0.4, 0.5) is 5.69 Å². The van der Waals surface area contributed by atoms with E-state index in [1.807, 2.05) is 12.2 Å². The monoisotopic (exact) mass is 452 g/mol. The number of allylic oxidation sites excluding steroid dienone is 3. The number of aromatic nitrogens is 3. The molecule has 1 aliphatic rings. The van der Waals surface area contributed by atoms with Gasteiger partial charge in [0.15, 0.2) is 10.5 Å². The lowest BCUT2D eigenvalue weighted by molar-refractivity contribution is 0.640. The summed E-state index contributed by atoms with van der Waals surface area (Å²) in [5, 5.41) is 1.78. The number of hydrogen-bond donors (Lipinski definition) is 0. The molecule has 0 N–H and O–H groups in total. The van der Waals surface area contributed by atoms with Crippen molar-refractivity contribution in [3.63, 3.8) is 0 Å². The number of nitrogens with zero attached hydrogens (tertiary/aromatic N) is 4. The maximum absolute atomic E-state index is 6.11. The summed E-state index contributed by atoms with van der Waals surface area (Å²) in [5.74, 6) is 0. The molecule has 150 valence electrons. The average Bonchev–Trinajstić information content (AvgIpc) is 3.19. The summed E-state index contributed by atoms with van der Waals surface area (Å²) < 4.78 is 0. The molecule has 4 nitrogen and oxygen atoms in total. The van der Waals surface area contributed by atoms with Gasteiger partial charge in [0, 0.05) is 23.8 Å². The quantitative estimate of drug-likeness (QED) is 0.332. The molecule has 3 heterocycles. The van der Waals surface area contributed by atoms with Crippen molar-refractivity contribution in [2.45, 2.75) is 19.3 Å². The molecule has 0 saturated carbocycles. The minimum Gasteiger partial charge on any atom is -0.347 e. The molecule has 0 bridgehead atoms. The van der Waals surface area contributed by atoms with E-state index in [-0.39, 0.29) is 5.41 Å². The van der Waals surface area contributed by atoms with Crippen LogP contribution < -0.4 is 4.90 Å². The fraction of sp³-hybridized carbons (Fsp3) is 0.174. The molecule has 5 rings (SSSR count). The zero-order chi connectivity index (χ0) is 21.0. The van der Waals surface area contributed by atoms with Gasteiger partial charge in [-0.05, 0) is 35.9 Å². The molecule has 2 aromatic heterocycles. The number of likely N-dealkylation sites (N-methyl/N-ethyl adjacent to an activating group) is 1. The molecular formula is C23H18Cl2N4S. The van der Waals surface area contributed by atoms with Crippen LogP contribution in [0.2, 0.25) is 10.0 Å². The molecule has 0 amide bonds. The second kappa shape index (κ2) is 7.05. The Hall–Kier alpha value is -2.47. The molecule has 7 heteroatoms. The predicted molar refractivity (Wildman–Crippen MR) is 128 cm³/mol. The van der Waals surface area contributed by atoms with E-state index in [4.69, 9.17) is 23.2 Å². The highest BCUT2D eigenvalue weighted by Gasteiger charge is 2.37. The van der Waals surface area contributed by atoms with E-state index >= 15 is 0 Å². The number of halogens is 2. The Morgan fingerprint density at radius 3 is 2.43 bits per heavy atom. The van der Waals surface area contributed by atoms with Crippen molar-refractivity contribution in [3.05, 3.63) is 74.9 Å². The number of fused-ring (bicyclic) bond motifs is 3. The highest BCUT2D eigenvalue weighted by molar-refractivity contribution is 7.18. The van der Waals surface area contributed by atoms with Crippen molar-refractivity contribution >= 4 is 67.8 Å². The normalized spacial score (nSPS) is 17.0. The zero-order valence-corrected chi connectivity index (χ0v) is 19.0. The van der Waals surface area contributed by atoms with Crippen LogP contribution in [-0.2, 0) is 5.41 Å². The first kappa shape index (κ1) is 19.5. The Labute approximate surface area is 188 Å². The Kier molecular flexibility index (Phi) is 4.58. The van der Waals surface area contributed by atoms with Gasteiger partial charge in [0.05, 0.1) is 21.1 Å². The maximum Gasteiger partial charge on any atom is 0.190 e. The second-order valence-corrected chi connectivity index (χ2v) is 9.60. The van der Waals surface area contributed by atoms with Crippen molar-refractivity contribution < 1.29 is 0 Å². The molecule has 0 unspecified atom stereocenters. The van der Waals surface area contributed by atoms with Crippen molar-refractivity contribution in [1.29, 1.82) is 0 Å². The van der Waals surface area contributed by atoms with Gasteiger partial charge in [0.2, 0.25) is 0 Å². The van der Waals surface area contributed by atoms with E-state index in [1.54, 1.807) is 12.1 Å². The highest BCUT2D eigenvalue weighted by atomic mass is 35.5. The van der Waals surface area contributed by atoms with Crippen molar-refractivity contribution in [2.24, 2.45) is 0 Å². The first-order valence-electron chi connectivity index (χ1n) is 9.50. The molecule has 0 saturated heterocycles. The van der Waals surface area contributed by atoms with Crippen molar-refractivity contribution in [1.82, 2.24) is 15.0 Å². The smallest absolute Gasteiger partial charge is 0.190 e. The van der Waals surface area contributed by atoms with E-state index in [0.29, 0.717) is 26.7 Å². The molecule has 0 aliphatic carbocycles. The summed E-state index contributed by atoms with van der Waals surface area (Å²) >= 11 is 13.7. The predicted octanol–water partition coefficient (Wildman–Crippen LogP) is 6.87. The number of anilines is 1. The lowest BCUT2D eigenvalue weighted by Gasteiger charge is -2.23. The van der Waals surface area contributed by atoms with Crippen LogP contribution >= 0.6 is 34.5 Å². The number of rotatable bonds is 2. The third-order valence-electron chi connectivity index (χ3n) is 5.51. The molecule has 0 atom stereocenters.